The summed E-state index contributed by atoms with van der Waals surface area (Å²) in [5.74, 6) is 0. The van der Waals surface area contributed by atoms with E-state index >= 15 is 0 Å². The quantitative estimate of drug-likeness (QED) is 0.887. The van der Waals surface area contributed by atoms with Crippen LogP contribution in [0.5, 0.6) is 0 Å². The lowest BCUT2D eigenvalue weighted by molar-refractivity contribution is 0.494. The van der Waals surface area contributed by atoms with Crippen LogP contribution in [-0.4, -0.2) is 14.0 Å². The van der Waals surface area contributed by atoms with Gasteiger partial charge in [0.25, 0.3) is 10.2 Å². The summed E-state index contributed by atoms with van der Waals surface area (Å²) in [6.07, 6.45) is 0. The average Bonchev–Trinajstić information content (AvgIpc) is 2.06. The van der Waals surface area contributed by atoms with Gasteiger partial charge in [0.05, 0.1) is 10.7 Å². The molecule has 4 nitrogen and oxygen atoms in total. The SMILES string of the molecule is CC(C)(C)NS(=O)(=O)Nc1cc(Br)ccc1Cl. The van der Waals surface area contributed by atoms with Gasteiger partial charge in [0.2, 0.25) is 0 Å². The molecule has 0 spiro atoms. The molecule has 1 rings (SSSR count). The number of hydrogen-bond donors (Lipinski definition) is 2. The van der Waals surface area contributed by atoms with Crippen LogP contribution >= 0.6 is 27.5 Å². The van der Waals surface area contributed by atoms with E-state index in [2.05, 4.69) is 25.4 Å². The number of hydrogen-bond acceptors (Lipinski definition) is 2. The molecule has 0 saturated carbocycles. The molecule has 0 amide bonds. The molecule has 17 heavy (non-hydrogen) atoms. The molecule has 2 N–H and O–H groups in total. The molecular weight excluding hydrogens is 328 g/mol. The van der Waals surface area contributed by atoms with E-state index in [1.807, 2.05) is 0 Å². The molecule has 0 aliphatic heterocycles. The van der Waals surface area contributed by atoms with Crippen molar-refractivity contribution in [3.05, 3.63) is 27.7 Å². The van der Waals surface area contributed by atoms with Crippen molar-refractivity contribution in [2.24, 2.45) is 0 Å². The topological polar surface area (TPSA) is 58.2 Å². The van der Waals surface area contributed by atoms with Crippen LogP contribution in [0.15, 0.2) is 22.7 Å². The summed E-state index contributed by atoms with van der Waals surface area (Å²) in [6, 6.07) is 4.95. The summed E-state index contributed by atoms with van der Waals surface area (Å²) in [6.45, 7) is 5.28. The first-order valence-corrected chi connectivity index (χ1v) is 7.51. The van der Waals surface area contributed by atoms with Crippen LogP contribution in [0.25, 0.3) is 0 Å². The van der Waals surface area contributed by atoms with Gasteiger partial charge >= 0.3 is 0 Å². The Labute approximate surface area is 115 Å². The number of halogens is 2. The third-order valence-electron chi connectivity index (χ3n) is 1.61. The van der Waals surface area contributed by atoms with Gasteiger partial charge in [-0.1, -0.05) is 27.5 Å². The average molecular weight is 342 g/mol. The zero-order valence-corrected chi connectivity index (χ0v) is 12.9. The van der Waals surface area contributed by atoms with Crippen molar-refractivity contribution in [1.82, 2.24) is 4.72 Å². The van der Waals surface area contributed by atoms with E-state index in [0.717, 1.165) is 4.47 Å². The minimum atomic E-state index is -3.64. The van der Waals surface area contributed by atoms with Crippen LogP contribution in [0.1, 0.15) is 20.8 Å². The Morgan fingerprint density at radius 1 is 1.29 bits per heavy atom. The van der Waals surface area contributed by atoms with Gasteiger partial charge in [0, 0.05) is 10.0 Å². The predicted molar refractivity (Wildman–Crippen MR) is 74.6 cm³/mol. The molecule has 0 aromatic heterocycles. The maximum atomic E-state index is 11.8. The molecule has 0 atom stereocenters. The fraction of sp³-hybridized carbons (Fsp3) is 0.400. The van der Waals surface area contributed by atoms with E-state index in [1.165, 1.54) is 0 Å². The van der Waals surface area contributed by atoms with E-state index in [-0.39, 0.29) is 0 Å². The van der Waals surface area contributed by atoms with Gasteiger partial charge in [-0.3, -0.25) is 4.72 Å². The molecule has 1 aromatic rings. The third-order valence-corrected chi connectivity index (χ3v) is 3.81. The molecule has 96 valence electrons. The van der Waals surface area contributed by atoms with Crippen molar-refractivity contribution in [1.29, 1.82) is 0 Å². The Hall–Kier alpha value is -0.300. The normalized spacial score (nSPS) is 12.5. The van der Waals surface area contributed by atoms with Crippen molar-refractivity contribution in [2.75, 3.05) is 4.72 Å². The lowest BCUT2D eigenvalue weighted by Crippen LogP contribution is -2.43. The van der Waals surface area contributed by atoms with Crippen molar-refractivity contribution in [3.63, 3.8) is 0 Å². The Balaban J connectivity index is 2.94. The smallest absolute Gasteiger partial charge is 0.270 e. The summed E-state index contributed by atoms with van der Waals surface area (Å²) in [5.41, 5.74) is -0.220. The van der Waals surface area contributed by atoms with E-state index < -0.39 is 15.7 Å². The molecule has 0 unspecified atom stereocenters. The van der Waals surface area contributed by atoms with Crippen LogP contribution in [-0.2, 0) is 10.2 Å². The zero-order valence-electron chi connectivity index (χ0n) is 9.71. The summed E-state index contributed by atoms with van der Waals surface area (Å²) >= 11 is 9.15. The van der Waals surface area contributed by atoms with Gasteiger partial charge in [0.1, 0.15) is 0 Å². The van der Waals surface area contributed by atoms with Crippen LogP contribution in [0.4, 0.5) is 5.69 Å². The lowest BCUT2D eigenvalue weighted by atomic mass is 10.1. The van der Waals surface area contributed by atoms with Crippen molar-refractivity contribution in [2.45, 2.75) is 26.3 Å². The summed E-state index contributed by atoms with van der Waals surface area (Å²) in [7, 11) is -3.64. The molecule has 0 fully saturated rings. The largest absolute Gasteiger partial charge is 0.299 e. The summed E-state index contributed by atoms with van der Waals surface area (Å²) in [4.78, 5) is 0. The molecule has 0 saturated heterocycles. The maximum absolute atomic E-state index is 11.8. The first-order valence-electron chi connectivity index (χ1n) is 4.86. The first-order chi connectivity index (χ1) is 7.59. The molecular formula is C10H14BrClN2O2S. The van der Waals surface area contributed by atoms with E-state index in [9.17, 15) is 8.42 Å². The number of anilines is 1. The lowest BCUT2D eigenvalue weighted by Gasteiger charge is -2.21. The van der Waals surface area contributed by atoms with E-state index in [0.29, 0.717) is 10.7 Å². The third kappa shape index (κ3) is 5.25. The molecule has 0 aliphatic rings. The minimum Gasteiger partial charge on any atom is -0.270 e. The number of benzene rings is 1. The van der Waals surface area contributed by atoms with Crippen LogP contribution in [0, 0.1) is 0 Å². The molecule has 0 heterocycles. The molecule has 0 radical (unpaired) electrons. The van der Waals surface area contributed by atoms with Gasteiger partial charge in [0.15, 0.2) is 0 Å². The molecule has 0 bridgehead atoms. The Morgan fingerprint density at radius 3 is 2.41 bits per heavy atom. The highest BCUT2D eigenvalue weighted by atomic mass is 79.9. The van der Waals surface area contributed by atoms with Crippen LogP contribution in [0.2, 0.25) is 5.02 Å². The van der Waals surface area contributed by atoms with Gasteiger partial charge in [-0.25, -0.2) is 0 Å². The highest BCUT2D eigenvalue weighted by molar-refractivity contribution is 9.10. The Morgan fingerprint density at radius 2 is 1.88 bits per heavy atom. The summed E-state index contributed by atoms with van der Waals surface area (Å²) in [5, 5.41) is 0.340. The number of rotatable bonds is 3. The van der Waals surface area contributed by atoms with Gasteiger partial charge < -0.3 is 0 Å². The fourth-order valence-corrected chi connectivity index (χ4v) is 3.05. The van der Waals surface area contributed by atoms with Crippen LogP contribution < -0.4 is 9.44 Å². The fourth-order valence-electron chi connectivity index (χ4n) is 1.15. The highest BCUT2D eigenvalue weighted by Gasteiger charge is 2.20. The van der Waals surface area contributed by atoms with Crippen molar-refractivity contribution >= 4 is 43.4 Å². The summed E-state index contributed by atoms with van der Waals surface area (Å²) < 4.78 is 29.2. The second-order valence-electron chi connectivity index (χ2n) is 4.58. The molecule has 0 aliphatic carbocycles. The standard InChI is InChI=1S/C10H14BrClN2O2S/c1-10(2,3)14-17(15,16)13-9-6-7(11)4-5-8(9)12/h4-6,13-14H,1-3H3. The second kappa shape index (κ2) is 5.14. The molecule has 1 aromatic carbocycles. The van der Waals surface area contributed by atoms with Crippen molar-refractivity contribution in [3.8, 4) is 0 Å². The second-order valence-corrected chi connectivity index (χ2v) is 7.32. The first kappa shape index (κ1) is 14.8. The van der Waals surface area contributed by atoms with E-state index in [4.69, 9.17) is 11.6 Å². The number of nitrogens with one attached hydrogen (secondary N) is 2. The highest BCUT2D eigenvalue weighted by Crippen LogP contribution is 2.26. The monoisotopic (exact) mass is 340 g/mol. The van der Waals surface area contributed by atoms with Gasteiger partial charge in [-0.2, -0.15) is 13.1 Å². The maximum Gasteiger partial charge on any atom is 0.299 e. The zero-order chi connectivity index (χ0) is 13.3. The predicted octanol–water partition coefficient (Wildman–Crippen LogP) is 3.15. The van der Waals surface area contributed by atoms with Gasteiger partial charge in [-0.15, -0.1) is 0 Å². The van der Waals surface area contributed by atoms with Crippen LogP contribution in [0.3, 0.4) is 0 Å². The Kier molecular flexibility index (Phi) is 4.46. The van der Waals surface area contributed by atoms with Gasteiger partial charge in [-0.05, 0) is 39.0 Å². The minimum absolute atomic E-state index is 0.331. The molecule has 7 heteroatoms. The van der Waals surface area contributed by atoms with Crippen molar-refractivity contribution < 1.29 is 8.42 Å². The Bertz CT molecular complexity index is 512. The van der Waals surface area contributed by atoms with E-state index in [1.54, 1.807) is 39.0 Å².